The summed E-state index contributed by atoms with van der Waals surface area (Å²) in [7, 11) is 0. The maximum atomic E-state index is 11.1. The average molecular weight is 239 g/mol. The lowest BCUT2D eigenvalue weighted by Crippen LogP contribution is -2.43. The van der Waals surface area contributed by atoms with Gasteiger partial charge in [0.25, 0.3) is 0 Å². The molecule has 0 amide bonds. The van der Waals surface area contributed by atoms with Crippen molar-refractivity contribution in [3.63, 3.8) is 0 Å². The molecular formula is C11H17N3O3. The van der Waals surface area contributed by atoms with E-state index in [4.69, 9.17) is 9.52 Å². The molecule has 0 radical (unpaired) electrons. The minimum atomic E-state index is -1.03. The Labute approximate surface area is 99.6 Å². The number of piperazine rings is 1. The summed E-state index contributed by atoms with van der Waals surface area (Å²) in [4.78, 5) is 17.1. The lowest BCUT2D eigenvalue weighted by atomic mass is 10.2. The van der Waals surface area contributed by atoms with Crippen molar-refractivity contribution in [1.82, 2.24) is 10.3 Å². The SMILES string of the molecule is CC(C)c1nc(C(=O)O)c(N2CCNCC2)o1. The number of hydrogen-bond donors (Lipinski definition) is 2. The van der Waals surface area contributed by atoms with Gasteiger partial charge in [-0.05, 0) is 0 Å². The Morgan fingerprint density at radius 2 is 2.12 bits per heavy atom. The van der Waals surface area contributed by atoms with Crippen LogP contribution in [0.4, 0.5) is 5.88 Å². The first-order valence-corrected chi connectivity index (χ1v) is 5.79. The number of aromatic nitrogens is 1. The van der Waals surface area contributed by atoms with Gasteiger partial charge in [-0.3, -0.25) is 0 Å². The van der Waals surface area contributed by atoms with E-state index in [1.165, 1.54) is 0 Å². The molecule has 6 heteroatoms. The molecule has 1 aliphatic rings. The van der Waals surface area contributed by atoms with Crippen molar-refractivity contribution < 1.29 is 14.3 Å². The van der Waals surface area contributed by atoms with Crippen molar-refractivity contribution in [3.05, 3.63) is 11.6 Å². The van der Waals surface area contributed by atoms with Gasteiger partial charge >= 0.3 is 5.97 Å². The number of anilines is 1. The molecule has 1 saturated heterocycles. The van der Waals surface area contributed by atoms with Gasteiger partial charge in [0, 0.05) is 32.1 Å². The Morgan fingerprint density at radius 3 is 2.65 bits per heavy atom. The molecular weight excluding hydrogens is 222 g/mol. The van der Waals surface area contributed by atoms with Gasteiger partial charge in [-0.15, -0.1) is 0 Å². The van der Waals surface area contributed by atoms with Crippen molar-refractivity contribution in [2.75, 3.05) is 31.1 Å². The van der Waals surface area contributed by atoms with Gasteiger partial charge in [0.05, 0.1) is 0 Å². The van der Waals surface area contributed by atoms with Crippen molar-refractivity contribution in [3.8, 4) is 0 Å². The Hall–Kier alpha value is -1.56. The van der Waals surface area contributed by atoms with Gasteiger partial charge in [-0.2, -0.15) is 0 Å². The molecule has 0 aromatic carbocycles. The molecule has 0 aliphatic carbocycles. The minimum absolute atomic E-state index is 0.0237. The lowest BCUT2D eigenvalue weighted by molar-refractivity contribution is 0.0691. The van der Waals surface area contributed by atoms with E-state index in [-0.39, 0.29) is 11.6 Å². The number of carboxylic acids is 1. The third-order valence-corrected chi connectivity index (χ3v) is 2.73. The van der Waals surface area contributed by atoms with E-state index in [2.05, 4.69) is 10.3 Å². The van der Waals surface area contributed by atoms with Gasteiger partial charge in [0.2, 0.25) is 11.6 Å². The molecule has 1 aromatic rings. The van der Waals surface area contributed by atoms with Crippen LogP contribution in [-0.2, 0) is 0 Å². The Morgan fingerprint density at radius 1 is 1.47 bits per heavy atom. The molecule has 0 atom stereocenters. The van der Waals surface area contributed by atoms with Crippen molar-refractivity contribution in [2.45, 2.75) is 19.8 Å². The van der Waals surface area contributed by atoms with Crippen LogP contribution in [0.25, 0.3) is 0 Å². The van der Waals surface area contributed by atoms with Crippen LogP contribution < -0.4 is 10.2 Å². The Kier molecular flexibility index (Phi) is 3.33. The summed E-state index contributed by atoms with van der Waals surface area (Å²) in [6.07, 6.45) is 0. The van der Waals surface area contributed by atoms with Crippen molar-refractivity contribution >= 4 is 11.9 Å². The summed E-state index contributed by atoms with van der Waals surface area (Å²) in [5.74, 6) is -0.0717. The molecule has 6 nitrogen and oxygen atoms in total. The van der Waals surface area contributed by atoms with Gasteiger partial charge in [0.15, 0.2) is 5.89 Å². The summed E-state index contributed by atoms with van der Waals surface area (Å²) in [5, 5.41) is 12.3. The maximum Gasteiger partial charge on any atom is 0.360 e. The summed E-state index contributed by atoms with van der Waals surface area (Å²) < 4.78 is 5.58. The topological polar surface area (TPSA) is 78.6 Å². The van der Waals surface area contributed by atoms with E-state index >= 15 is 0 Å². The van der Waals surface area contributed by atoms with Crippen LogP contribution in [0.1, 0.15) is 36.1 Å². The largest absolute Gasteiger partial charge is 0.476 e. The summed E-state index contributed by atoms with van der Waals surface area (Å²) in [5.41, 5.74) is 0.0237. The molecule has 0 saturated carbocycles. The van der Waals surface area contributed by atoms with E-state index in [9.17, 15) is 4.79 Å². The van der Waals surface area contributed by atoms with E-state index in [0.717, 1.165) is 26.2 Å². The molecule has 0 spiro atoms. The zero-order valence-corrected chi connectivity index (χ0v) is 10.1. The smallest absolute Gasteiger partial charge is 0.360 e. The highest BCUT2D eigenvalue weighted by Gasteiger charge is 2.26. The third-order valence-electron chi connectivity index (χ3n) is 2.73. The summed E-state index contributed by atoms with van der Waals surface area (Å²) in [6.45, 7) is 7.01. The fraction of sp³-hybridized carbons (Fsp3) is 0.636. The molecule has 2 N–H and O–H groups in total. The van der Waals surface area contributed by atoms with Gasteiger partial charge in [-0.1, -0.05) is 13.8 Å². The third kappa shape index (κ3) is 2.41. The number of nitrogens with zero attached hydrogens (tertiary/aromatic N) is 2. The van der Waals surface area contributed by atoms with E-state index in [1.807, 2.05) is 18.7 Å². The number of nitrogens with one attached hydrogen (secondary N) is 1. The second-order valence-electron chi connectivity index (χ2n) is 4.40. The number of aromatic carboxylic acids is 1. The number of hydrogen-bond acceptors (Lipinski definition) is 5. The summed E-state index contributed by atoms with van der Waals surface area (Å²) in [6, 6.07) is 0. The molecule has 0 bridgehead atoms. The highest BCUT2D eigenvalue weighted by molar-refractivity contribution is 5.90. The number of carbonyl (C=O) groups is 1. The maximum absolute atomic E-state index is 11.1. The Balaban J connectivity index is 2.32. The van der Waals surface area contributed by atoms with Gasteiger partial charge in [-0.25, -0.2) is 9.78 Å². The monoisotopic (exact) mass is 239 g/mol. The molecule has 2 rings (SSSR count). The van der Waals surface area contributed by atoms with Crippen molar-refractivity contribution in [1.29, 1.82) is 0 Å². The highest BCUT2D eigenvalue weighted by atomic mass is 16.4. The molecule has 1 fully saturated rings. The van der Waals surface area contributed by atoms with Crippen LogP contribution >= 0.6 is 0 Å². The predicted octanol–water partition coefficient (Wildman–Crippen LogP) is 0.906. The number of carboxylic acid groups (broad SMARTS) is 1. The minimum Gasteiger partial charge on any atom is -0.476 e. The van der Waals surface area contributed by atoms with E-state index in [0.29, 0.717) is 11.8 Å². The first kappa shape index (κ1) is 11.9. The fourth-order valence-corrected chi connectivity index (χ4v) is 1.80. The molecule has 1 aliphatic heterocycles. The Bertz CT molecular complexity index is 408. The zero-order chi connectivity index (χ0) is 12.4. The average Bonchev–Trinajstić information content (AvgIpc) is 2.75. The molecule has 94 valence electrons. The quantitative estimate of drug-likeness (QED) is 0.816. The van der Waals surface area contributed by atoms with E-state index in [1.54, 1.807) is 0 Å². The molecule has 17 heavy (non-hydrogen) atoms. The van der Waals surface area contributed by atoms with Crippen molar-refractivity contribution in [2.24, 2.45) is 0 Å². The van der Waals surface area contributed by atoms with Gasteiger partial charge < -0.3 is 19.7 Å². The number of oxazole rings is 1. The predicted molar refractivity (Wildman–Crippen MR) is 62.6 cm³/mol. The molecule has 2 heterocycles. The van der Waals surface area contributed by atoms with Crippen LogP contribution in [0.5, 0.6) is 0 Å². The van der Waals surface area contributed by atoms with Crippen LogP contribution in [0.2, 0.25) is 0 Å². The first-order chi connectivity index (χ1) is 8.09. The second kappa shape index (κ2) is 4.75. The van der Waals surface area contributed by atoms with Crippen LogP contribution in [0.3, 0.4) is 0 Å². The highest BCUT2D eigenvalue weighted by Crippen LogP contribution is 2.26. The zero-order valence-electron chi connectivity index (χ0n) is 10.1. The van der Waals surface area contributed by atoms with Crippen LogP contribution in [-0.4, -0.2) is 42.2 Å². The molecule has 1 aromatic heterocycles. The standard InChI is InChI=1S/C11H17N3O3/c1-7(2)9-13-8(11(15)16)10(17-9)14-5-3-12-4-6-14/h7,12H,3-6H2,1-2H3,(H,15,16). The number of rotatable bonds is 3. The van der Waals surface area contributed by atoms with E-state index < -0.39 is 5.97 Å². The van der Waals surface area contributed by atoms with Crippen LogP contribution in [0.15, 0.2) is 4.42 Å². The lowest BCUT2D eigenvalue weighted by Gasteiger charge is -2.26. The first-order valence-electron chi connectivity index (χ1n) is 5.79. The van der Waals surface area contributed by atoms with Gasteiger partial charge in [0.1, 0.15) is 0 Å². The molecule has 0 unspecified atom stereocenters. The van der Waals surface area contributed by atoms with Crippen LogP contribution in [0, 0.1) is 0 Å². The normalized spacial score (nSPS) is 16.5. The summed E-state index contributed by atoms with van der Waals surface area (Å²) >= 11 is 0. The second-order valence-corrected chi connectivity index (χ2v) is 4.40. The fourth-order valence-electron chi connectivity index (χ4n) is 1.80.